The Morgan fingerprint density at radius 2 is 1.84 bits per heavy atom. The molecule has 6 heteroatoms. The standard InChI is InChI=1S/C19H28N2O2S.ClH/c1-15-9-11-21(12-10-15)18-8-7-17(14-18)20(3)24(22,23)19-6-4-5-16(2)13-19;/h4-8,13,15,17-18H,9-12,14H2,1-3H3;1H/t17-,18+;/m0./s1. The van der Waals surface area contributed by atoms with Gasteiger partial charge in [-0.05, 0) is 62.9 Å². The van der Waals surface area contributed by atoms with E-state index < -0.39 is 10.0 Å². The Morgan fingerprint density at radius 1 is 1.16 bits per heavy atom. The van der Waals surface area contributed by atoms with Crippen LogP contribution in [0.1, 0.15) is 31.7 Å². The number of hydrogen-bond donors (Lipinski definition) is 0. The smallest absolute Gasteiger partial charge is 0.243 e. The van der Waals surface area contributed by atoms with Crippen LogP contribution in [-0.4, -0.2) is 49.8 Å². The van der Waals surface area contributed by atoms with Crippen LogP contribution in [0.15, 0.2) is 41.3 Å². The van der Waals surface area contributed by atoms with Gasteiger partial charge in [0, 0.05) is 19.1 Å². The van der Waals surface area contributed by atoms with E-state index in [2.05, 4.69) is 24.0 Å². The van der Waals surface area contributed by atoms with Crippen molar-refractivity contribution in [1.82, 2.24) is 9.21 Å². The zero-order valence-electron chi connectivity index (χ0n) is 15.3. The SMILES string of the molecule is Cc1cccc(S(=O)(=O)N(C)[C@H]2C=C[C@@H](N3CCC(C)CC3)C2)c1.Cl. The third-order valence-electron chi connectivity index (χ3n) is 5.46. The van der Waals surface area contributed by atoms with Crippen molar-refractivity contribution in [1.29, 1.82) is 0 Å². The second-order valence-corrected chi connectivity index (χ2v) is 9.31. The molecule has 1 aliphatic heterocycles. The zero-order chi connectivity index (χ0) is 17.3. The van der Waals surface area contributed by atoms with Gasteiger partial charge in [0.1, 0.15) is 0 Å². The third-order valence-corrected chi connectivity index (χ3v) is 7.34. The lowest BCUT2D eigenvalue weighted by Crippen LogP contribution is -2.42. The first-order valence-electron chi connectivity index (χ1n) is 8.85. The van der Waals surface area contributed by atoms with Crippen LogP contribution in [-0.2, 0) is 10.0 Å². The number of hydrogen-bond acceptors (Lipinski definition) is 3. The largest absolute Gasteiger partial charge is 0.297 e. The molecule has 0 saturated carbocycles. The van der Waals surface area contributed by atoms with Gasteiger partial charge in [-0.15, -0.1) is 12.4 Å². The molecule has 1 aliphatic carbocycles. The highest BCUT2D eigenvalue weighted by Gasteiger charge is 2.33. The number of nitrogens with zero attached hydrogens (tertiary/aromatic N) is 2. The Hall–Kier alpha value is -0.880. The lowest BCUT2D eigenvalue weighted by Gasteiger charge is -2.35. The summed E-state index contributed by atoms with van der Waals surface area (Å²) < 4.78 is 27.3. The Bertz CT molecular complexity index is 712. The molecule has 1 heterocycles. The molecule has 140 valence electrons. The fraction of sp³-hybridized carbons (Fsp3) is 0.579. The molecule has 1 aromatic carbocycles. The molecule has 0 aromatic heterocycles. The predicted octanol–water partition coefficient (Wildman–Crippen LogP) is 3.47. The number of aryl methyl sites for hydroxylation is 1. The van der Waals surface area contributed by atoms with Crippen molar-refractivity contribution in [2.75, 3.05) is 20.1 Å². The maximum Gasteiger partial charge on any atom is 0.243 e. The molecule has 0 unspecified atom stereocenters. The van der Waals surface area contributed by atoms with Gasteiger partial charge in [0.25, 0.3) is 0 Å². The monoisotopic (exact) mass is 384 g/mol. The normalized spacial score (nSPS) is 25.3. The van der Waals surface area contributed by atoms with Gasteiger partial charge >= 0.3 is 0 Å². The molecule has 0 radical (unpaired) electrons. The van der Waals surface area contributed by atoms with Gasteiger partial charge < -0.3 is 0 Å². The van der Waals surface area contributed by atoms with E-state index in [1.807, 2.05) is 13.0 Å². The summed E-state index contributed by atoms with van der Waals surface area (Å²) in [7, 11) is -1.74. The summed E-state index contributed by atoms with van der Waals surface area (Å²) >= 11 is 0. The Morgan fingerprint density at radius 3 is 2.48 bits per heavy atom. The highest BCUT2D eigenvalue weighted by atomic mass is 35.5. The van der Waals surface area contributed by atoms with Crippen molar-refractivity contribution >= 4 is 22.4 Å². The van der Waals surface area contributed by atoms with Gasteiger partial charge in [-0.25, -0.2) is 8.42 Å². The number of piperidine rings is 1. The van der Waals surface area contributed by atoms with E-state index in [0.717, 1.165) is 31.0 Å². The maximum atomic E-state index is 12.9. The van der Waals surface area contributed by atoms with Crippen molar-refractivity contribution in [2.24, 2.45) is 5.92 Å². The molecule has 1 aromatic rings. The van der Waals surface area contributed by atoms with E-state index in [1.165, 1.54) is 17.1 Å². The van der Waals surface area contributed by atoms with E-state index in [9.17, 15) is 8.42 Å². The summed E-state index contributed by atoms with van der Waals surface area (Å²) in [6.45, 7) is 6.48. The van der Waals surface area contributed by atoms with Crippen LogP contribution in [0.5, 0.6) is 0 Å². The number of benzene rings is 1. The molecule has 0 N–H and O–H groups in total. The summed E-state index contributed by atoms with van der Waals surface area (Å²) in [6, 6.07) is 7.47. The lowest BCUT2D eigenvalue weighted by atomic mass is 9.97. The minimum absolute atomic E-state index is 0. The fourth-order valence-electron chi connectivity index (χ4n) is 3.68. The fourth-order valence-corrected chi connectivity index (χ4v) is 5.11. The van der Waals surface area contributed by atoms with Gasteiger partial charge in [-0.2, -0.15) is 4.31 Å². The van der Waals surface area contributed by atoms with Gasteiger partial charge in [0.15, 0.2) is 0 Å². The molecule has 0 bridgehead atoms. The Labute approximate surface area is 158 Å². The topological polar surface area (TPSA) is 40.6 Å². The van der Waals surface area contributed by atoms with Gasteiger partial charge in [-0.3, -0.25) is 4.90 Å². The van der Waals surface area contributed by atoms with Crippen molar-refractivity contribution in [3.05, 3.63) is 42.0 Å². The van der Waals surface area contributed by atoms with E-state index in [4.69, 9.17) is 0 Å². The first kappa shape index (κ1) is 20.4. The number of halogens is 1. The molecule has 0 amide bonds. The predicted molar refractivity (Wildman–Crippen MR) is 105 cm³/mol. The molecule has 3 rings (SSSR count). The van der Waals surface area contributed by atoms with Crippen LogP contribution in [0.2, 0.25) is 0 Å². The van der Waals surface area contributed by atoms with E-state index in [0.29, 0.717) is 10.9 Å². The Balaban J connectivity index is 0.00000225. The number of rotatable bonds is 4. The molecule has 25 heavy (non-hydrogen) atoms. The van der Waals surface area contributed by atoms with Crippen molar-refractivity contribution in [3.63, 3.8) is 0 Å². The van der Waals surface area contributed by atoms with Gasteiger partial charge in [-0.1, -0.05) is 31.2 Å². The number of likely N-dealkylation sites (tertiary alicyclic amines) is 1. The highest BCUT2D eigenvalue weighted by Crippen LogP contribution is 2.28. The molecule has 1 saturated heterocycles. The molecule has 2 aliphatic rings. The van der Waals surface area contributed by atoms with Crippen LogP contribution < -0.4 is 0 Å². The third kappa shape index (κ3) is 4.45. The van der Waals surface area contributed by atoms with E-state index in [-0.39, 0.29) is 18.4 Å². The molecular formula is C19H29ClN2O2S. The maximum absolute atomic E-state index is 12.9. The zero-order valence-corrected chi connectivity index (χ0v) is 16.9. The van der Waals surface area contributed by atoms with Gasteiger partial charge in [0.2, 0.25) is 10.0 Å². The number of sulfonamides is 1. The molecule has 1 fully saturated rings. The highest BCUT2D eigenvalue weighted by molar-refractivity contribution is 7.89. The van der Waals surface area contributed by atoms with Crippen LogP contribution in [0.4, 0.5) is 0 Å². The summed E-state index contributed by atoms with van der Waals surface area (Å²) in [5, 5.41) is 0. The van der Waals surface area contributed by atoms with Crippen LogP contribution >= 0.6 is 12.4 Å². The van der Waals surface area contributed by atoms with Gasteiger partial charge in [0.05, 0.1) is 4.90 Å². The van der Waals surface area contributed by atoms with Crippen LogP contribution in [0.3, 0.4) is 0 Å². The first-order valence-corrected chi connectivity index (χ1v) is 10.3. The average molecular weight is 385 g/mol. The van der Waals surface area contributed by atoms with Crippen molar-refractivity contribution in [2.45, 2.75) is 50.1 Å². The summed E-state index contributed by atoms with van der Waals surface area (Å²) in [5.41, 5.74) is 0.965. The molecule has 0 spiro atoms. The average Bonchev–Trinajstić information content (AvgIpc) is 3.04. The minimum atomic E-state index is -3.44. The Kier molecular flexibility index (Phi) is 6.71. The van der Waals surface area contributed by atoms with E-state index in [1.54, 1.807) is 25.2 Å². The minimum Gasteiger partial charge on any atom is -0.297 e. The molecule has 4 nitrogen and oxygen atoms in total. The van der Waals surface area contributed by atoms with Crippen molar-refractivity contribution in [3.8, 4) is 0 Å². The summed E-state index contributed by atoms with van der Waals surface area (Å²) in [4.78, 5) is 2.89. The second kappa shape index (κ2) is 8.21. The van der Waals surface area contributed by atoms with E-state index >= 15 is 0 Å². The van der Waals surface area contributed by atoms with Crippen molar-refractivity contribution < 1.29 is 8.42 Å². The number of likely N-dealkylation sites (N-methyl/N-ethyl adjacent to an activating group) is 1. The summed E-state index contributed by atoms with van der Waals surface area (Å²) in [6.07, 6.45) is 7.60. The van der Waals surface area contributed by atoms with Crippen LogP contribution in [0, 0.1) is 12.8 Å². The second-order valence-electron chi connectivity index (χ2n) is 7.31. The molecule has 2 atom stereocenters. The first-order chi connectivity index (χ1) is 11.4. The quantitative estimate of drug-likeness (QED) is 0.746. The van der Waals surface area contributed by atoms with Crippen LogP contribution in [0.25, 0.3) is 0 Å². The summed E-state index contributed by atoms with van der Waals surface area (Å²) in [5.74, 6) is 0.812. The lowest BCUT2D eigenvalue weighted by molar-refractivity contribution is 0.153. The molecular weight excluding hydrogens is 356 g/mol.